The molecule has 0 aliphatic carbocycles. The van der Waals surface area contributed by atoms with Crippen LogP contribution in [-0.2, 0) is 0 Å². The highest BCUT2D eigenvalue weighted by Gasteiger charge is 2.12. The third kappa shape index (κ3) is 2.26. The van der Waals surface area contributed by atoms with Gasteiger partial charge in [0.25, 0.3) is 0 Å². The van der Waals surface area contributed by atoms with Crippen LogP contribution in [0.25, 0.3) is 0 Å². The average molecular weight is 183 g/mol. The summed E-state index contributed by atoms with van der Waals surface area (Å²) >= 11 is 0. The molecule has 0 fully saturated rings. The number of hydrogen-bond donors (Lipinski definition) is 2. The second-order valence-electron chi connectivity index (χ2n) is 3.11. The maximum absolute atomic E-state index is 13.2. The van der Waals surface area contributed by atoms with Crippen LogP contribution in [0.2, 0.25) is 0 Å². The Kier molecular flexibility index (Phi) is 3.39. The first-order valence-corrected chi connectivity index (χ1v) is 4.34. The zero-order chi connectivity index (χ0) is 9.84. The Bertz CT molecular complexity index is 284. The molecule has 0 heterocycles. The number of benzene rings is 1. The van der Waals surface area contributed by atoms with Gasteiger partial charge in [-0.15, -0.1) is 0 Å². The largest absolute Gasteiger partial charge is 0.316 e. The summed E-state index contributed by atoms with van der Waals surface area (Å²) in [5.74, 6) is -0.279. The van der Waals surface area contributed by atoms with Gasteiger partial charge in [-0.25, -0.2) is 4.39 Å². The second-order valence-corrected chi connectivity index (χ2v) is 3.11. The maximum Gasteiger partial charge on any atom is 0.128 e. The molecular formula is C10H14FNO. The molecule has 0 saturated carbocycles. The smallest absolute Gasteiger partial charge is 0.128 e. The van der Waals surface area contributed by atoms with Crippen molar-refractivity contribution >= 4 is 0 Å². The van der Waals surface area contributed by atoms with Crippen molar-refractivity contribution in [3.05, 3.63) is 35.1 Å². The summed E-state index contributed by atoms with van der Waals surface area (Å²) in [5.41, 5.74) is 3.61. The molecule has 13 heavy (non-hydrogen) atoms. The minimum Gasteiger partial charge on any atom is -0.316 e. The molecule has 0 aliphatic rings. The lowest BCUT2D eigenvalue weighted by molar-refractivity contribution is 0.122. The van der Waals surface area contributed by atoms with Crippen LogP contribution in [0.1, 0.15) is 30.5 Å². The van der Waals surface area contributed by atoms with E-state index in [0.717, 1.165) is 5.56 Å². The molecule has 0 amide bonds. The molecule has 0 aromatic heterocycles. The molecular weight excluding hydrogens is 169 g/mol. The van der Waals surface area contributed by atoms with E-state index in [-0.39, 0.29) is 11.9 Å². The van der Waals surface area contributed by atoms with Gasteiger partial charge in [0.05, 0.1) is 6.04 Å². The first kappa shape index (κ1) is 10.2. The Hall–Kier alpha value is -0.930. The van der Waals surface area contributed by atoms with E-state index >= 15 is 0 Å². The minimum atomic E-state index is -0.320. The molecule has 0 spiro atoms. The molecule has 2 nitrogen and oxygen atoms in total. The van der Waals surface area contributed by atoms with Crippen LogP contribution in [0, 0.1) is 12.7 Å². The Morgan fingerprint density at radius 1 is 1.54 bits per heavy atom. The van der Waals surface area contributed by atoms with Gasteiger partial charge >= 0.3 is 0 Å². The van der Waals surface area contributed by atoms with E-state index < -0.39 is 0 Å². The Morgan fingerprint density at radius 3 is 2.77 bits per heavy atom. The van der Waals surface area contributed by atoms with Crippen LogP contribution in [0.3, 0.4) is 0 Å². The van der Waals surface area contributed by atoms with Crippen molar-refractivity contribution in [3.8, 4) is 0 Å². The van der Waals surface area contributed by atoms with Crippen molar-refractivity contribution in [2.75, 3.05) is 0 Å². The highest BCUT2D eigenvalue weighted by molar-refractivity contribution is 5.26. The Labute approximate surface area is 77.4 Å². The lowest BCUT2D eigenvalue weighted by Crippen LogP contribution is -2.17. The van der Waals surface area contributed by atoms with Crippen molar-refractivity contribution in [2.24, 2.45) is 0 Å². The number of halogens is 1. The van der Waals surface area contributed by atoms with Crippen LogP contribution in [-0.4, -0.2) is 5.21 Å². The summed E-state index contributed by atoms with van der Waals surface area (Å²) in [7, 11) is 0. The SMILES string of the molecule is CC[C@@H](NO)c1cc(C)ccc1F. The maximum atomic E-state index is 13.2. The summed E-state index contributed by atoms with van der Waals surface area (Å²) in [6, 6.07) is 4.56. The van der Waals surface area contributed by atoms with Gasteiger partial charge in [0.1, 0.15) is 5.82 Å². The molecule has 72 valence electrons. The van der Waals surface area contributed by atoms with Crippen LogP contribution in [0.4, 0.5) is 4.39 Å². The fraction of sp³-hybridized carbons (Fsp3) is 0.400. The first-order chi connectivity index (χ1) is 6.19. The number of aryl methyl sites for hydroxylation is 1. The van der Waals surface area contributed by atoms with Gasteiger partial charge in [-0.05, 0) is 19.4 Å². The first-order valence-electron chi connectivity index (χ1n) is 4.34. The molecule has 0 unspecified atom stereocenters. The summed E-state index contributed by atoms with van der Waals surface area (Å²) in [4.78, 5) is 0. The molecule has 0 bridgehead atoms. The molecule has 0 aliphatic heterocycles. The van der Waals surface area contributed by atoms with E-state index in [0.29, 0.717) is 12.0 Å². The third-order valence-corrected chi connectivity index (χ3v) is 2.09. The van der Waals surface area contributed by atoms with Crippen LogP contribution in [0.15, 0.2) is 18.2 Å². The average Bonchev–Trinajstić information content (AvgIpc) is 2.13. The fourth-order valence-corrected chi connectivity index (χ4v) is 1.31. The lowest BCUT2D eigenvalue weighted by atomic mass is 10.0. The Balaban J connectivity index is 3.03. The quantitative estimate of drug-likeness (QED) is 0.706. The molecule has 1 atom stereocenters. The van der Waals surface area contributed by atoms with Crippen molar-refractivity contribution in [1.82, 2.24) is 5.48 Å². The molecule has 2 N–H and O–H groups in total. The monoisotopic (exact) mass is 183 g/mol. The Morgan fingerprint density at radius 2 is 2.23 bits per heavy atom. The van der Waals surface area contributed by atoms with E-state index in [1.54, 1.807) is 12.1 Å². The molecule has 1 aromatic rings. The summed E-state index contributed by atoms with van der Waals surface area (Å²) in [6.45, 7) is 3.78. The van der Waals surface area contributed by atoms with Crippen LogP contribution < -0.4 is 5.48 Å². The van der Waals surface area contributed by atoms with E-state index in [4.69, 9.17) is 5.21 Å². The highest BCUT2D eigenvalue weighted by Crippen LogP contribution is 2.20. The zero-order valence-corrected chi connectivity index (χ0v) is 7.84. The predicted octanol–water partition coefficient (Wildman–Crippen LogP) is 2.56. The van der Waals surface area contributed by atoms with Gasteiger partial charge in [-0.2, -0.15) is 5.48 Å². The second kappa shape index (κ2) is 4.35. The molecule has 3 heteroatoms. The van der Waals surface area contributed by atoms with E-state index in [9.17, 15) is 4.39 Å². The molecule has 0 radical (unpaired) electrons. The van der Waals surface area contributed by atoms with Gasteiger partial charge in [-0.3, -0.25) is 0 Å². The van der Waals surface area contributed by atoms with E-state index in [1.807, 2.05) is 13.8 Å². The van der Waals surface area contributed by atoms with Gasteiger partial charge in [0, 0.05) is 5.56 Å². The lowest BCUT2D eigenvalue weighted by Gasteiger charge is -2.14. The van der Waals surface area contributed by atoms with Gasteiger partial charge in [-0.1, -0.05) is 24.6 Å². The number of hydrogen-bond acceptors (Lipinski definition) is 2. The molecule has 1 aromatic carbocycles. The normalized spacial score (nSPS) is 12.9. The zero-order valence-electron chi connectivity index (χ0n) is 7.84. The van der Waals surface area contributed by atoms with Gasteiger partial charge < -0.3 is 5.21 Å². The van der Waals surface area contributed by atoms with Gasteiger partial charge in [0.2, 0.25) is 0 Å². The van der Waals surface area contributed by atoms with E-state index in [2.05, 4.69) is 5.48 Å². The number of rotatable bonds is 3. The van der Waals surface area contributed by atoms with E-state index in [1.165, 1.54) is 6.07 Å². The van der Waals surface area contributed by atoms with Crippen LogP contribution >= 0.6 is 0 Å². The summed E-state index contributed by atoms with van der Waals surface area (Å²) < 4.78 is 13.2. The van der Waals surface area contributed by atoms with Crippen LogP contribution in [0.5, 0.6) is 0 Å². The third-order valence-electron chi connectivity index (χ3n) is 2.09. The van der Waals surface area contributed by atoms with Crippen molar-refractivity contribution in [3.63, 3.8) is 0 Å². The summed E-state index contributed by atoms with van der Waals surface area (Å²) in [6.07, 6.45) is 0.650. The topological polar surface area (TPSA) is 32.3 Å². The summed E-state index contributed by atoms with van der Waals surface area (Å²) in [5, 5.41) is 8.78. The van der Waals surface area contributed by atoms with Crippen molar-refractivity contribution in [2.45, 2.75) is 26.3 Å². The standard InChI is InChI=1S/C10H14FNO/c1-3-10(12-13)8-6-7(2)4-5-9(8)11/h4-6,10,12-13H,3H2,1-2H3/t10-/m1/s1. The predicted molar refractivity (Wildman–Crippen MR) is 49.1 cm³/mol. The van der Waals surface area contributed by atoms with Crippen molar-refractivity contribution in [1.29, 1.82) is 0 Å². The number of nitrogens with one attached hydrogen (secondary N) is 1. The highest BCUT2D eigenvalue weighted by atomic mass is 19.1. The fourth-order valence-electron chi connectivity index (χ4n) is 1.31. The van der Waals surface area contributed by atoms with Gasteiger partial charge in [0.15, 0.2) is 0 Å². The molecule has 0 saturated heterocycles. The number of hydroxylamine groups is 1. The minimum absolute atomic E-state index is 0.279. The molecule has 1 rings (SSSR count). The van der Waals surface area contributed by atoms with Crippen molar-refractivity contribution < 1.29 is 9.60 Å².